The third-order valence-electron chi connectivity index (χ3n) is 5.25. The number of aryl methyl sites for hydroxylation is 1. The minimum absolute atomic E-state index is 0. The highest BCUT2D eigenvalue weighted by Gasteiger charge is 2.28. The summed E-state index contributed by atoms with van der Waals surface area (Å²) in [5.74, 6) is 0.0964. The topological polar surface area (TPSA) is 124 Å². The van der Waals surface area contributed by atoms with E-state index in [1.54, 1.807) is 44.5 Å². The highest BCUT2D eigenvalue weighted by Crippen LogP contribution is 2.19. The number of hydrogen-bond acceptors (Lipinski definition) is 7. The fourth-order valence-electron chi connectivity index (χ4n) is 3.22. The van der Waals surface area contributed by atoms with Gasteiger partial charge in [0.05, 0.1) is 24.4 Å². The normalized spacial score (nSPS) is 12.1. The summed E-state index contributed by atoms with van der Waals surface area (Å²) in [4.78, 5) is 26.0. The SMILES string of the molecule is C.Cc1ccccc1COC[C@@H](NC(=O)C(C)(C)N)c1nnc2cccc(COC(=O)N(C)C)n12. The third kappa shape index (κ3) is 7.00. The molecule has 0 aliphatic heterocycles. The molecule has 3 aromatic rings. The number of hydrogen-bond donors (Lipinski definition) is 2. The van der Waals surface area contributed by atoms with Crippen molar-refractivity contribution >= 4 is 17.6 Å². The smallest absolute Gasteiger partial charge is 0.409 e. The van der Waals surface area contributed by atoms with E-state index in [-0.39, 0.29) is 26.5 Å². The lowest BCUT2D eigenvalue weighted by Crippen LogP contribution is -2.51. The van der Waals surface area contributed by atoms with Crippen molar-refractivity contribution in [3.8, 4) is 0 Å². The highest BCUT2D eigenvalue weighted by atomic mass is 16.6. The Morgan fingerprint density at radius 1 is 1.11 bits per heavy atom. The Kier molecular flexibility index (Phi) is 9.32. The fraction of sp³-hybridized carbons (Fsp3) is 0.440. The molecule has 1 aromatic carbocycles. The summed E-state index contributed by atoms with van der Waals surface area (Å²) in [7, 11) is 3.22. The fourth-order valence-corrected chi connectivity index (χ4v) is 3.22. The maximum atomic E-state index is 12.7. The number of nitrogens with zero attached hydrogens (tertiary/aromatic N) is 4. The van der Waals surface area contributed by atoms with Gasteiger partial charge in [-0.05, 0) is 44.0 Å². The highest BCUT2D eigenvalue weighted by molar-refractivity contribution is 5.85. The first kappa shape index (κ1) is 27.7. The van der Waals surface area contributed by atoms with Gasteiger partial charge in [0.1, 0.15) is 12.6 Å². The van der Waals surface area contributed by atoms with E-state index >= 15 is 0 Å². The largest absolute Gasteiger partial charge is 0.443 e. The predicted molar refractivity (Wildman–Crippen MR) is 134 cm³/mol. The van der Waals surface area contributed by atoms with Crippen LogP contribution >= 0.6 is 0 Å². The van der Waals surface area contributed by atoms with E-state index < -0.39 is 17.7 Å². The number of aromatic nitrogens is 3. The minimum atomic E-state index is -1.10. The van der Waals surface area contributed by atoms with Crippen LogP contribution < -0.4 is 11.1 Å². The Hall–Kier alpha value is -3.50. The van der Waals surface area contributed by atoms with Crippen LogP contribution in [0.15, 0.2) is 42.5 Å². The molecule has 3 N–H and O–H groups in total. The molecule has 0 fully saturated rings. The molecule has 1 atom stereocenters. The van der Waals surface area contributed by atoms with E-state index in [1.807, 2.05) is 37.3 Å². The van der Waals surface area contributed by atoms with Crippen LogP contribution in [0.25, 0.3) is 5.65 Å². The number of benzene rings is 1. The van der Waals surface area contributed by atoms with Crippen LogP contribution in [0.4, 0.5) is 4.79 Å². The first-order chi connectivity index (χ1) is 16.1. The van der Waals surface area contributed by atoms with Crippen molar-refractivity contribution in [3.05, 3.63) is 65.1 Å². The Labute approximate surface area is 206 Å². The summed E-state index contributed by atoms with van der Waals surface area (Å²) < 4.78 is 13.1. The molecule has 2 aromatic heterocycles. The average molecular weight is 485 g/mol. The van der Waals surface area contributed by atoms with Gasteiger partial charge < -0.3 is 25.4 Å². The van der Waals surface area contributed by atoms with Gasteiger partial charge in [0.15, 0.2) is 11.5 Å². The maximum absolute atomic E-state index is 12.7. The number of carbonyl (C=O) groups is 2. The molecule has 10 nitrogen and oxygen atoms in total. The standard InChI is InChI=1S/C24H32N6O4.CH4/c1-16-9-6-7-10-17(16)13-33-15-19(26-22(31)24(2,3)25)21-28-27-20-12-8-11-18(30(20)21)14-34-23(32)29(4)5;/h6-12,19H,13-15,25H2,1-5H3,(H,26,31);1H4/t19-;/m1./s1. The molecule has 0 radical (unpaired) electrons. The van der Waals surface area contributed by atoms with Crippen LogP contribution in [0.5, 0.6) is 0 Å². The van der Waals surface area contributed by atoms with Gasteiger partial charge in [0, 0.05) is 14.1 Å². The zero-order valence-corrected chi connectivity index (χ0v) is 20.2. The van der Waals surface area contributed by atoms with Crippen LogP contribution in [-0.2, 0) is 27.5 Å². The molecular weight excluding hydrogens is 448 g/mol. The number of nitrogens with two attached hydrogens (primary N) is 1. The van der Waals surface area contributed by atoms with Crippen molar-refractivity contribution in [3.63, 3.8) is 0 Å². The third-order valence-corrected chi connectivity index (χ3v) is 5.25. The van der Waals surface area contributed by atoms with Crippen LogP contribution in [0, 0.1) is 6.92 Å². The zero-order valence-electron chi connectivity index (χ0n) is 20.2. The van der Waals surface area contributed by atoms with Crippen molar-refractivity contribution in [1.82, 2.24) is 24.8 Å². The number of rotatable bonds is 9. The van der Waals surface area contributed by atoms with Crippen LogP contribution in [0.1, 0.15) is 50.0 Å². The molecule has 0 spiro atoms. The predicted octanol–water partition coefficient (Wildman–Crippen LogP) is 2.98. The number of amides is 2. The Morgan fingerprint density at radius 2 is 1.83 bits per heavy atom. The first-order valence-corrected chi connectivity index (χ1v) is 11.0. The summed E-state index contributed by atoms with van der Waals surface area (Å²) in [6.07, 6.45) is -0.470. The molecule has 0 bridgehead atoms. The number of nitrogens with one attached hydrogen (secondary N) is 1. The second kappa shape index (κ2) is 11.8. The molecule has 2 amide bonds. The molecular formula is C25H36N6O4. The summed E-state index contributed by atoms with van der Waals surface area (Å²) in [6.45, 7) is 5.79. The second-order valence-electron chi connectivity index (χ2n) is 8.91. The summed E-state index contributed by atoms with van der Waals surface area (Å²) in [5, 5.41) is 11.5. The van der Waals surface area contributed by atoms with Gasteiger partial charge >= 0.3 is 6.09 Å². The summed E-state index contributed by atoms with van der Waals surface area (Å²) >= 11 is 0. The van der Waals surface area contributed by atoms with Crippen molar-refractivity contribution in [2.75, 3.05) is 20.7 Å². The lowest BCUT2D eigenvalue weighted by Gasteiger charge is -2.24. The van der Waals surface area contributed by atoms with E-state index in [0.717, 1.165) is 11.1 Å². The molecule has 0 aliphatic carbocycles. The van der Waals surface area contributed by atoms with E-state index in [2.05, 4.69) is 15.5 Å². The lowest BCUT2D eigenvalue weighted by molar-refractivity contribution is -0.126. The van der Waals surface area contributed by atoms with E-state index in [0.29, 0.717) is 23.8 Å². The molecule has 0 aliphatic rings. The first-order valence-electron chi connectivity index (χ1n) is 11.0. The zero-order chi connectivity index (χ0) is 24.9. The van der Waals surface area contributed by atoms with Gasteiger partial charge in [0.2, 0.25) is 5.91 Å². The van der Waals surface area contributed by atoms with Crippen molar-refractivity contribution in [1.29, 1.82) is 0 Å². The molecule has 190 valence electrons. The van der Waals surface area contributed by atoms with Crippen LogP contribution in [0.3, 0.4) is 0 Å². The van der Waals surface area contributed by atoms with Gasteiger partial charge in [-0.2, -0.15) is 0 Å². The molecule has 0 saturated carbocycles. The number of carbonyl (C=O) groups excluding carboxylic acids is 2. The van der Waals surface area contributed by atoms with Gasteiger partial charge in [-0.1, -0.05) is 37.8 Å². The Morgan fingerprint density at radius 3 is 2.49 bits per heavy atom. The van der Waals surface area contributed by atoms with Gasteiger partial charge in [0.25, 0.3) is 0 Å². The molecule has 10 heteroatoms. The summed E-state index contributed by atoms with van der Waals surface area (Å²) in [6, 6.07) is 12.7. The van der Waals surface area contributed by atoms with E-state index in [4.69, 9.17) is 15.2 Å². The van der Waals surface area contributed by atoms with Gasteiger partial charge in [-0.15, -0.1) is 10.2 Å². The Balaban J connectivity index is 0.00000432. The van der Waals surface area contributed by atoms with Crippen molar-refractivity contribution < 1.29 is 19.1 Å². The Bertz CT molecular complexity index is 1150. The number of pyridine rings is 1. The van der Waals surface area contributed by atoms with Crippen molar-refractivity contribution in [2.24, 2.45) is 5.73 Å². The summed E-state index contributed by atoms with van der Waals surface area (Å²) in [5.41, 5.74) is 8.29. The molecule has 3 rings (SSSR count). The molecule has 2 heterocycles. The minimum Gasteiger partial charge on any atom is -0.443 e. The number of ether oxygens (including phenoxy) is 2. The molecule has 0 unspecified atom stereocenters. The van der Waals surface area contributed by atoms with Crippen LogP contribution in [-0.4, -0.2) is 57.7 Å². The maximum Gasteiger partial charge on any atom is 0.409 e. The number of fused-ring (bicyclic) bond motifs is 1. The average Bonchev–Trinajstić information content (AvgIpc) is 3.22. The van der Waals surface area contributed by atoms with Crippen LogP contribution in [0.2, 0.25) is 0 Å². The quantitative estimate of drug-likeness (QED) is 0.478. The molecule has 0 saturated heterocycles. The van der Waals surface area contributed by atoms with E-state index in [1.165, 1.54) is 4.90 Å². The lowest BCUT2D eigenvalue weighted by atomic mass is 10.1. The molecule has 35 heavy (non-hydrogen) atoms. The monoisotopic (exact) mass is 484 g/mol. The van der Waals surface area contributed by atoms with Crippen molar-refractivity contribution in [2.45, 2.75) is 53.0 Å². The second-order valence-corrected chi connectivity index (χ2v) is 8.91. The van der Waals surface area contributed by atoms with E-state index in [9.17, 15) is 9.59 Å². The van der Waals surface area contributed by atoms with Gasteiger partial charge in [-0.25, -0.2) is 4.79 Å². The van der Waals surface area contributed by atoms with Gasteiger partial charge in [-0.3, -0.25) is 9.20 Å².